The average molecular weight is 440 g/mol. The van der Waals surface area contributed by atoms with Crippen LogP contribution in [0.4, 0.5) is 27.4 Å². The lowest BCUT2D eigenvalue weighted by atomic mass is 10.3. The van der Waals surface area contributed by atoms with Crippen molar-refractivity contribution in [1.82, 2.24) is 19.3 Å². The van der Waals surface area contributed by atoms with Crippen LogP contribution in [0.3, 0.4) is 0 Å². The molecule has 0 saturated carbocycles. The van der Waals surface area contributed by atoms with E-state index in [4.69, 9.17) is 9.97 Å². The first-order valence-electron chi connectivity index (χ1n) is 10.4. The topological polar surface area (TPSA) is 76.8 Å². The molecule has 0 amide bonds. The van der Waals surface area contributed by atoms with E-state index < -0.39 is 0 Å². The van der Waals surface area contributed by atoms with Crippen LogP contribution in [0.25, 0.3) is 16.7 Å². The Hall–Kier alpha value is -4.46. The van der Waals surface area contributed by atoms with Gasteiger partial charge in [-0.1, -0.05) is 30.3 Å². The fourth-order valence-electron chi connectivity index (χ4n) is 3.67. The van der Waals surface area contributed by atoms with Crippen molar-refractivity contribution in [3.63, 3.8) is 0 Å². The van der Waals surface area contributed by atoms with Gasteiger partial charge in [0.25, 0.3) is 5.56 Å². The van der Waals surface area contributed by atoms with Gasteiger partial charge in [0.15, 0.2) is 11.6 Å². The third-order valence-electron chi connectivity index (χ3n) is 5.48. The van der Waals surface area contributed by atoms with Crippen molar-refractivity contribution in [2.45, 2.75) is 6.92 Å². The second-order valence-electron chi connectivity index (χ2n) is 7.60. The molecule has 0 unspecified atom stereocenters. The number of rotatable bonds is 5. The maximum Gasteiger partial charge on any atom is 0.295 e. The number of benzene rings is 3. The summed E-state index contributed by atoms with van der Waals surface area (Å²) in [7, 11) is 1.83. The van der Waals surface area contributed by atoms with E-state index in [2.05, 4.69) is 10.6 Å². The Morgan fingerprint density at radius 1 is 0.788 bits per heavy atom. The van der Waals surface area contributed by atoms with E-state index in [1.807, 2.05) is 68.6 Å². The second kappa shape index (κ2) is 8.23. The van der Waals surface area contributed by atoms with Crippen molar-refractivity contribution in [2.24, 2.45) is 7.05 Å². The van der Waals surface area contributed by atoms with E-state index in [1.54, 1.807) is 21.5 Å². The number of hydrogen-bond donors (Lipinski definition) is 2. The van der Waals surface area contributed by atoms with Crippen molar-refractivity contribution >= 4 is 34.0 Å². The minimum Gasteiger partial charge on any atom is -0.337 e. The molecule has 0 bridgehead atoms. The van der Waals surface area contributed by atoms with Gasteiger partial charge in [0, 0.05) is 12.7 Å². The third-order valence-corrected chi connectivity index (χ3v) is 5.48. The summed E-state index contributed by atoms with van der Waals surface area (Å²) in [4.78, 5) is 22.8. The first-order chi connectivity index (χ1) is 16.0. The lowest BCUT2D eigenvalue weighted by molar-refractivity contribution is 0.628. The van der Waals surface area contributed by atoms with Crippen LogP contribution >= 0.6 is 0 Å². The molecule has 0 radical (unpaired) electrons. The van der Waals surface area contributed by atoms with Crippen LogP contribution in [0.5, 0.6) is 0 Å². The molecule has 5 rings (SSSR count). The van der Waals surface area contributed by atoms with Gasteiger partial charge >= 0.3 is 0 Å². The molecular formula is C25H21FN6O. The summed E-state index contributed by atoms with van der Waals surface area (Å²) in [6, 6.07) is 22.9. The predicted molar refractivity (Wildman–Crippen MR) is 128 cm³/mol. The molecule has 0 fully saturated rings. The first kappa shape index (κ1) is 20.4. The Bertz CT molecular complexity index is 1510. The molecule has 0 atom stereocenters. The molecule has 164 valence electrons. The molecule has 0 aliphatic carbocycles. The summed E-state index contributed by atoms with van der Waals surface area (Å²) >= 11 is 0. The number of para-hydroxylation sites is 3. The Labute approximate surface area is 189 Å². The van der Waals surface area contributed by atoms with Crippen LogP contribution in [-0.4, -0.2) is 19.3 Å². The molecule has 33 heavy (non-hydrogen) atoms. The summed E-state index contributed by atoms with van der Waals surface area (Å²) in [6.45, 7) is 1.87. The average Bonchev–Trinajstić information content (AvgIpc) is 3.04. The Morgan fingerprint density at radius 3 is 2.00 bits per heavy atom. The standard InChI is InChI=1S/C25H21FN6O/c1-16-22(25(33)32(31(16)2)19-8-4-3-5-9-19)30-24-23(27-18-14-12-17(26)13-15-18)28-20-10-6-7-11-21(20)29-24/h3-15H,1-2H3,(H,27,28)(H,29,30). The van der Waals surface area contributed by atoms with E-state index in [-0.39, 0.29) is 11.4 Å². The largest absolute Gasteiger partial charge is 0.337 e. The van der Waals surface area contributed by atoms with Crippen molar-refractivity contribution in [2.75, 3.05) is 10.6 Å². The zero-order valence-corrected chi connectivity index (χ0v) is 18.1. The summed E-state index contributed by atoms with van der Waals surface area (Å²) < 4.78 is 16.8. The van der Waals surface area contributed by atoms with Gasteiger partial charge in [-0.15, -0.1) is 0 Å². The van der Waals surface area contributed by atoms with Crippen LogP contribution in [0.1, 0.15) is 5.69 Å². The molecule has 2 aromatic heterocycles. The number of nitrogens with zero attached hydrogens (tertiary/aromatic N) is 4. The van der Waals surface area contributed by atoms with Gasteiger partial charge in [0.05, 0.1) is 22.4 Å². The fourth-order valence-corrected chi connectivity index (χ4v) is 3.67. The molecule has 0 spiro atoms. The van der Waals surface area contributed by atoms with Gasteiger partial charge < -0.3 is 10.6 Å². The summed E-state index contributed by atoms with van der Waals surface area (Å²) in [6.07, 6.45) is 0. The van der Waals surface area contributed by atoms with Crippen LogP contribution in [-0.2, 0) is 7.05 Å². The minimum absolute atomic E-state index is 0.205. The predicted octanol–water partition coefficient (Wildman–Crippen LogP) is 5.05. The molecule has 3 aromatic carbocycles. The highest BCUT2D eigenvalue weighted by Gasteiger charge is 2.19. The van der Waals surface area contributed by atoms with Crippen LogP contribution < -0.4 is 16.2 Å². The number of fused-ring (bicyclic) bond motifs is 1. The van der Waals surface area contributed by atoms with Crippen molar-refractivity contribution in [3.8, 4) is 5.69 Å². The van der Waals surface area contributed by atoms with E-state index in [0.717, 1.165) is 11.4 Å². The van der Waals surface area contributed by atoms with Gasteiger partial charge in [-0.05, 0) is 55.5 Å². The lowest BCUT2D eigenvalue weighted by Gasteiger charge is -2.13. The smallest absolute Gasteiger partial charge is 0.295 e. The van der Waals surface area contributed by atoms with E-state index in [9.17, 15) is 9.18 Å². The highest BCUT2D eigenvalue weighted by atomic mass is 19.1. The first-order valence-corrected chi connectivity index (χ1v) is 10.4. The number of halogens is 1. The SMILES string of the molecule is Cc1c(Nc2nc3ccccc3nc2Nc2ccc(F)cc2)c(=O)n(-c2ccccc2)n1C. The third kappa shape index (κ3) is 3.82. The molecule has 0 aliphatic heterocycles. The Kier molecular flexibility index (Phi) is 5.10. The second-order valence-corrected chi connectivity index (χ2v) is 7.60. The number of aromatic nitrogens is 4. The number of nitrogens with one attached hydrogen (secondary N) is 2. The lowest BCUT2D eigenvalue weighted by Crippen LogP contribution is -2.20. The Morgan fingerprint density at radius 2 is 1.36 bits per heavy atom. The maximum atomic E-state index is 13.4. The van der Waals surface area contributed by atoms with E-state index in [0.29, 0.717) is 34.0 Å². The number of hydrogen-bond acceptors (Lipinski definition) is 5. The van der Waals surface area contributed by atoms with Gasteiger partial charge in [0.2, 0.25) is 0 Å². The molecule has 0 saturated heterocycles. The van der Waals surface area contributed by atoms with Gasteiger partial charge in [-0.3, -0.25) is 9.48 Å². The molecule has 7 nitrogen and oxygen atoms in total. The Balaban J connectivity index is 1.62. The van der Waals surface area contributed by atoms with Crippen molar-refractivity contribution in [3.05, 3.63) is 101 Å². The van der Waals surface area contributed by atoms with Gasteiger partial charge in [-0.2, -0.15) is 0 Å². The van der Waals surface area contributed by atoms with Crippen molar-refractivity contribution < 1.29 is 4.39 Å². The summed E-state index contributed by atoms with van der Waals surface area (Å²) in [5.74, 6) is 0.489. The van der Waals surface area contributed by atoms with Gasteiger partial charge in [0.1, 0.15) is 11.5 Å². The zero-order chi connectivity index (χ0) is 22.9. The molecule has 0 aliphatic rings. The normalized spacial score (nSPS) is 11.0. The van der Waals surface area contributed by atoms with Crippen LogP contribution in [0.2, 0.25) is 0 Å². The fraction of sp³-hybridized carbons (Fsp3) is 0.0800. The maximum absolute atomic E-state index is 13.4. The van der Waals surface area contributed by atoms with Crippen LogP contribution in [0, 0.1) is 12.7 Å². The molecular weight excluding hydrogens is 419 g/mol. The van der Waals surface area contributed by atoms with Crippen LogP contribution in [0.15, 0.2) is 83.7 Å². The van der Waals surface area contributed by atoms with Crippen molar-refractivity contribution in [1.29, 1.82) is 0 Å². The zero-order valence-electron chi connectivity index (χ0n) is 18.1. The highest BCUT2D eigenvalue weighted by Crippen LogP contribution is 2.28. The summed E-state index contributed by atoms with van der Waals surface area (Å²) in [5, 5.41) is 6.39. The summed E-state index contributed by atoms with van der Waals surface area (Å²) in [5.41, 5.74) is 3.72. The highest BCUT2D eigenvalue weighted by molar-refractivity contribution is 5.83. The number of anilines is 4. The minimum atomic E-state index is -0.329. The monoisotopic (exact) mass is 440 g/mol. The molecule has 2 N–H and O–H groups in total. The quantitative estimate of drug-likeness (QED) is 0.400. The molecule has 8 heteroatoms. The van der Waals surface area contributed by atoms with E-state index >= 15 is 0 Å². The molecule has 2 heterocycles. The van der Waals surface area contributed by atoms with Gasteiger partial charge in [-0.25, -0.2) is 19.0 Å². The molecule has 5 aromatic rings. The van der Waals surface area contributed by atoms with E-state index in [1.165, 1.54) is 12.1 Å².